The number of nitrogens with two attached hydrogens (primary N) is 1. The number of carbonyl (C=O) groups excluding carboxylic acids is 1. The van der Waals surface area contributed by atoms with Gasteiger partial charge in [-0.15, -0.1) is 0 Å². The molecule has 1 amide bonds. The second-order valence-electron chi connectivity index (χ2n) is 4.09. The van der Waals surface area contributed by atoms with Crippen molar-refractivity contribution >= 4 is 23.1 Å². The van der Waals surface area contributed by atoms with E-state index >= 15 is 0 Å². The fraction of sp³-hybridized carbons (Fsp3) is 0.385. The summed E-state index contributed by atoms with van der Waals surface area (Å²) in [6.45, 7) is 2.89. The Morgan fingerprint density at radius 1 is 1.44 bits per heavy atom. The number of hydrogen-bond donors (Lipinski definition) is 2. The molecule has 0 aliphatic carbocycles. The van der Waals surface area contributed by atoms with Gasteiger partial charge in [0.15, 0.2) is 0 Å². The molecule has 0 saturated heterocycles. The summed E-state index contributed by atoms with van der Waals surface area (Å²) in [5, 5.41) is 9.63. The van der Waals surface area contributed by atoms with Crippen molar-refractivity contribution in [3.8, 4) is 5.75 Å². The van der Waals surface area contributed by atoms with Crippen molar-refractivity contribution in [2.45, 2.75) is 19.8 Å². The minimum absolute atomic E-state index is 0.0776. The zero-order valence-electron chi connectivity index (χ0n) is 10.4. The Labute approximate surface area is 112 Å². The summed E-state index contributed by atoms with van der Waals surface area (Å²) in [5.74, 6) is 0.0590. The Balaban J connectivity index is 2.72. The molecule has 0 radical (unpaired) electrons. The van der Waals surface area contributed by atoms with Crippen LogP contribution in [0.15, 0.2) is 24.3 Å². The molecule has 1 aromatic rings. The number of nitrogens with zero attached hydrogens (tertiary/aromatic N) is 1. The molecule has 1 aromatic carbocycles. The molecule has 0 fully saturated rings. The number of phenols is 1. The Hall–Kier alpha value is -1.62. The lowest BCUT2D eigenvalue weighted by molar-refractivity contribution is -0.129. The molecule has 5 heteroatoms. The van der Waals surface area contributed by atoms with Crippen molar-refractivity contribution in [3.63, 3.8) is 0 Å². The fourth-order valence-corrected chi connectivity index (χ4v) is 1.84. The maximum atomic E-state index is 12.1. The molecule has 1 rings (SSSR count). The van der Waals surface area contributed by atoms with Gasteiger partial charge in [-0.25, -0.2) is 0 Å². The third-order valence-corrected chi connectivity index (χ3v) is 2.66. The first-order valence-electron chi connectivity index (χ1n) is 5.87. The summed E-state index contributed by atoms with van der Waals surface area (Å²) in [7, 11) is 0. The van der Waals surface area contributed by atoms with Crippen molar-refractivity contribution in [2.75, 3.05) is 13.1 Å². The van der Waals surface area contributed by atoms with Crippen LogP contribution in [0.3, 0.4) is 0 Å². The van der Waals surface area contributed by atoms with E-state index in [1.54, 1.807) is 29.2 Å². The highest BCUT2D eigenvalue weighted by atomic mass is 32.1. The van der Waals surface area contributed by atoms with Crippen molar-refractivity contribution in [2.24, 2.45) is 5.73 Å². The van der Waals surface area contributed by atoms with Crippen molar-refractivity contribution in [3.05, 3.63) is 29.8 Å². The molecule has 4 nitrogen and oxygen atoms in total. The maximum Gasteiger partial charge on any atom is 0.227 e. The number of hydrogen-bond acceptors (Lipinski definition) is 3. The average molecular weight is 266 g/mol. The SMILES string of the molecule is CCCN(CC(N)=S)C(=O)Cc1ccccc1O. The number of para-hydroxylation sites is 1. The molecule has 98 valence electrons. The number of amides is 1. The van der Waals surface area contributed by atoms with Gasteiger partial charge in [0, 0.05) is 12.1 Å². The van der Waals surface area contributed by atoms with Gasteiger partial charge in [-0.3, -0.25) is 4.79 Å². The second kappa shape index (κ2) is 6.96. The maximum absolute atomic E-state index is 12.1. The van der Waals surface area contributed by atoms with Gasteiger partial charge in [0.2, 0.25) is 5.91 Å². The number of benzene rings is 1. The lowest BCUT2D eigenvalue weighted by Crippen LogP contribution is -2.39. The molecule has 0 bridgehead atoms. The highest BCUT2D eigenvalue weighted by Crippen LogP contribution is 2.16. The summed E-state index contributed by atoms with van der Waals surface area (Å²) in [5.41, 5.74) is 6.09. The minimum Gasteiger partial charge on any atom is -0.508 e. The average Bonchev–Trinajstić information content (AvgIpc) is 2.31. The van der Waals surface area contributed by atoms with Gasteiger partial charge in [-0.1, -0.05) is 37.3 Å². The van der Waals surface area contributed by atoms with E-state index in [9.17, 15) is 9.90 Å². The molecular weight excluding hydrogens is 248 g/mol. The number of phenolic OH excluding ortho intramolecular Hbond substituents is 1. The van der Waals surface area contributed by atoms with Gasteiger partial charge in [-0.2, -0.15) is 0 Å². The van der Waals surface area contributed by atoms with Crippen LogP contribution < -0.4 is 5.73 Å². The van der Waals surface area contributed by atoms with Crippen LogP contribution >= 0.6 is 12.2 Å². The van der Waals surface area contributed by atoms with Crippen LogP contribution in [0, 0.1) is 0 Å². The van der Waals surface area contributed by atoms with Crippen molar-refractivity contribution < 1.29 is 9.90 Å². The predicted molar refractivity (Wildman–Crippen MR) is 75.5 cm³/mol. The quantitative estimate of drug-likeness (QED) is 0.765. The van der Waals surface area contributed by atoms with Crippen molar-refractivity contribution in [1.82, 2.24) is 4.90 Å². The summed E-state index contributed by atoms with van der Waals surface area (Å²) in [4.78, 5) is 14.0. The zero-order chi connectivity index (χ0) is 13.5. The number of aromatic hydroxyl groups is 1. The van der Waals surface area contributed by atoms with Crippen LogP contribution in [0.1, 0.15) is 18.9 Å². The third kappa shape index (κ3) is 4.33. The third-order valence-electron chi connectivity index (χ3n) is 2.53. The van der Waals surface area contributed by atoms with E-state index in [2.05, 4.69) is 0 Å². The molecule has 0 saturated carbocycles. The highest BCUT2D eigenvalue weighted by Gasteiger charge is 2.15. The number of carbonyl (C=O) groups is 1. The van der Waals surface area contributed by atoms with E-state index in [1.807, 2.05) is 6.92 Å². The van der Waals surface area contributed by atoms with E-state index in [4.69, 9.17) is 18.0 Å². The van der Waals surface area contributed by atoms with Gasteiger partial charge in [0.1, 0.15) is 5.75 Å². The number of rotatable bonds is 6. The summed E-state index contributed by atoms with van der Waals surface area (Å²) in [6.07, 6.45) is 1.00. The zero-order valence-corrected chi connectivity index (χ0v) is 11.2. The Morgan fingerprint density at radius 2 is 2.11 bits per heavy atom. The van der Waals surface area contributed by atoms with Crippen LogP contribution in [-0.2, 0) is 11.2 Å². The van der Waals surface area contributed by atoms with E-state index in [-0.39, 0.29) is 24.6 Å². The van der Waals surface area contributed by atoms with E-state index in [1.165, 1.54) is 0 Å². The first kappa shape index (κ1) is 14.4. The predicted octanol–water partition coefficient (Wildman–Crippen LogP) is 1.46. The molecule has 0 spiro atoms. The molecule has 0 heterocycles. The van der Waals surface area contributed by atoms with Crippen LogP contribution in [0.5, 0.6) is 5.75 Å². The Kier molecular flexibility index (Phi) is 5.58. The Morgan fingerprint density at radius 3 is 2.67 bits per heavy atom. The van der Waals surface area contributed by atoms with E-state index in [0.29, 0.717) is 17.1 Å². The smallest absolute Gasteiger partial charge is 0.227 e. The molecule has 0 aliphatic rings. The first-order valence-corrected chi connectivity index (χ1v) is 6.28. The van der Waals surface area contributed by atoms with E-state index in [0.717, 1.165) is 6.42 Å². The van der Waals surface area contributed by atoms with Crippen LogP contribution in [0.2, 0.25) is 0 Å². The van der Waals surface area contributed by atoms with Crippen LogP contribution in [-0.4, -0.2) is 34.0 Å². The number of thiocarbonyl (C=S) groups is 1. The standard InChI is InChI=1S/C13H18N2O2S/c1-2-7-15(9-12(14)18)13(17)8-10-5-3-4-6-11(10)16/h3-6,16H,2,7-9H2,1H3,(H2,14,18). The summed E-state index contributed by atoms with van der Waals surface area (Å²) >= 11 is 4.83. The van der Waals surface area contributed by atoms with Gasteiger partial charge < -0.3 is 15.7 Å². The van der Waals surface area contributed by atoms with Gasteiger partial charge in [0.25, 0.3) is 0 Å². The first-order chi connectivity index (χ1) is 8.54. The largest absolute Gasteiger partial charge is 0.508 e. The second-order valence-corrected chi connectivity index (χ2v) is 4.61. The Bertz CT molecular complexity index is 435. The van der Waals surface area contributed by atoms with Crippen molar-refractivity contribution in [1.29, 1.82) is 0 Å². The topological polar surface area (TPSA) is 66.6 Å². The molecule has 18 heavy (non-hydrogen) atoms. The highest BCUT2D eigenvalue weighted by molar-refractivity contribution is 7.80. The summed E-state index contributed by atoms with van der Waals surface area (Å²) < 4.78 is 0. The van der Waals surface area contributed by atoms with Gasteiger partial charge in [0.05, 0.1) is 18.0 Å². The van der Waals surface area contributed by atoms with Gasteiger partial charge >= 0.3 is 0 Å². The van der Waals surface area contributed by atoms with Crippen LogP contribution in [0.4, 0.5) is 0 Å². The molecular formula is C13H18N2O2S. The lowest BCUT2D eigenvalue weighted by Gasteiger charge is -2.21. The monoisotopic (exact) mass is 266 g/mol. The molecule has 0 aromatic heterocycles. The summed E-state index contributed by atoms with van der Waals surface area (Å²) in [6, 6.07) is 6.82. The molecule has 0 unspecified atom stereocenters. The molecule has 3 N–H and O–H groups in total. The lowest BCUT2D eigenvalue weighted by atomic mass is 10.1. The minimum atomic E-state index is -0.0776. The van der Waals surface area contributed by atoms with Gasteiger partial charge in [-0.05, 0) is 12.5 Å². The molecule has 0 atom stereocenters. The van der Waals surface area contributed by atoms with Crippen LogP contribution in [0.25, 0.3) is 0 Å². The molecule has 0 aliphatic heterocycles. The normalized spacial score (nSPS) is 10.1. The van der Waals surface area contributed by atoms with E-state index < -0.39 is 0 Å². The fourth-order valence-electron chi connectivity index (χ4n) is 1.69.